The number of furan rings is 2. The fourth-order valence-electron chi connectivity index (χ4n) is 2.37. The second-order valence-electron chi connectivity index (χ2n) is 5.24. The molecule has 3 rings (SSSR count). The Hall–Kier alpha value is -3.14. The van der Waals surface area contributed by atoms with Crippen molar-refractivity contribution < 1.29 is 32.8 Å². The van der Waals surface area contributed by atoms with Gasteiger partial charge in [0.05, 0.1) is 18.2 Å². The molecule has 0 aliphatic carbocycles. The molecule has 9 nitrogen and oxygen atoms in total. The monoisotopic (exact) mass is 437 g/mol. The number of esters is 2. The van der Waals surface area contributed by atoms with E-state index in [4.69, 9.17) is 18.3 Å². The van der Waals surface area contributed by atoms with Crippen LogP contribution in [0.4, 0.5) is 5.88 Å². The average molecular weight is 438 g/mol. The Morgan fingerprint density at radius 2 is 1.93 bits per heavy atom. The van der Waals surface area contributed by atoms with Crippen LogP contribution in [0.25, 0.3) is 11.0 Å². The van der Waals surface area contributed by atoms with Gasteiger partial charge in [0.2, 0.25) is 11.5 Å². The molecule has 10 heteroatoms. The van der Waals surface area contributed by atoms with Crippen molar-refractivity contribution in [2.45, 2.75) is 13.5 Å². The van der Waals surface area contributed by atoms with Crippen molar-refractivity contribution in [2.75, 3.05) is 6.61 Å². The Balaban J connectivity index is 1.89. The zero-order valence-corrected chi connectivity index (χ0v) is 15.5. The number of rotatable bonds is 6. The van der Waals surface area contributed by atoms with Gasteiger partial charge in [-0.05, 0) is 31.2 Å². The van der Waals surface area contributed by atoms with Gasteiger partial charge >= 0.3 is 17.8 Å². The van der Waals surface area contributed by atoms with Crippen LogP contribution in [0.2, 0.25) is 0 Å². The van der Waals surface area contributed by atoms with Gasteiger partial charge in [-0.15, -0.1) is 0 Å². The zero-order chi connectivity index (χ0) is 19.6. The van der Waals surface area contributed by atoms with Crippen molar-refractivity contribution >= 4 is 44.7 Å². The Kier molecular flexibility index (Phi) is 5.26. The van der Waals surface area contributed by atoms with Crippen molar-refractivity contribution in [1.29, 1.82) is 0 Å². The molecule has 0 N–H and O–H groups in total. The number of hydrogen-bond acceptors (Lipinski definition) is 8. The smallest absolute Gasteiger partial charge is 0.433 e. The first-order valence-electron chi connectivity index (χ1n) is 7.70. The van der Waals surface area contributed by atoms with E-state index in [0.29, 0.717) is 16.5 Å². The van der Waals surface area contributed by atoms with E-state index in [0.717, 1.165) is 16.6 Å². The predicted molar refractivity (Wildman–Crippen MR) is 94.4 cm³/mol. The van der Waals surface area contributed by atoms with Gasteiger partial charge < -0.3 is 18.3 Å². The van der Waals surface area contributed by atoms with E-state index in [9.17, 15) is 19.7 Å². The summed E-state index contributed by atoms with van der Waals surface area (Å²) in [6, 6.07) is 7.28. The van der Waals surface area contributed by atoms with Gasteiger partial charge in [-0.2, -0.15) is 0 Å². The second-order valence-corrected chi connectivity index (χ2v) is 6.16. The molecule has 27 heavy (non-hydrogen) atoms. The lowest BCUT2D eigenvalue weighted by Gasteiger charge is -2.04. The minimum atomic E-state index is -0.915. The van der Waals surface area contributed by atoms with Crippen LogP contribution in [0.5, 0.6) is 0 Å². The second kappa shape index (κ2) is 7.62. The first kappa shape index (κ1) is 18.6. The first-order valence-corrected chi connectivity index (χ1v) is 8.49. The Bertz CT molecular complexity index is 1030. The maximum absolute atomic E-state index is 12.2. The largest absolute Gasteiger partial charge is 0.460 e. The lowest BCUT2D eigenvalue weighted by atomic mass is 10.1. The lowest BCUT2D eigenvalue weighted by Crippen LogP contribution is -2.09. The summed E-state index contributed by atoms with van der Waals surface area (Å²) < 4.78 is 21.2. The first-order chi connectivity index (χ1) is 12.9. The number of fused-ring (bicyclic) bond motifs is 1. The summed E-state index contributed by atoms with van der Waals surface area (Å²) in [5.41, 5.74) is 0.736. The minimum Gasteiger partial charge on any atom is -0.460 e. The summed E-state index contributed by atoms with van der Waals surface area (Å²) in [6.07, 6.45) is 0. The van der Waals surface area contributed by atoms with Gasteiger partial charge in [0.25, 0.3) is 0 Å². The van der Waals surface area contributed by atoms with Gasteiger partial charge in [0, 0.05) is 9.86 Å². The Labute approximate surface area is 160 Å². The number of carbonyl (C=O) groups is 2. The standard InChI is InChI=1S/C17H12BrNO8/c1-2-24-17(21)15-11(10-7-9(18)3-4-12(10)27-15)8-25-16(20)13-5-6-14(26-13)19(22)23/h3-7H,2,8H2,1H3. The molecule has 0 atom stereocenters. The third kappa shape index (κ3) is 3.85. The summed E-state index contributed by atoms with van der Waals surface area (Å²) in [5, 5.41) is 11.2. The van der Waals surface area contributed by atoms with E-state index in [1.165, 1.54) is 0 Å². The Morgan fingerprint density at radius 1 is 1.15 bits per heavy atom. The maximum Gasteiger partial charge on any atom is 0.433 e. The minimum absolute atomic E-state index is 0.0804. The number of carbonyl (C=O) groups excluding carboxylic acids is 2. The maximum atomic E-state index is 12.2. The van der Waals surface area contributed by atoms with Crippen LogP contribution in [0.3, 0.4) is 0 Å². The normalized spacial score (nSPS) is 10.7. The molecule has 0 aliphatic rings. The van der Waals surface area contributed by atoms with E-state index in [1.807, 2.05) is 0 Å². The van der Waals surface area contributed by atoms with Gasteiger partial charge in [-0.3, -0.25) is 10.1 Å². The highest BCUT2D eigenvalue weighted by atomic mass is 79.9. The predicted octanol–water partition coefficient (Wildman–Crippen LogP) is 4.23. The summed E-state index contributed by atoms with van der Waals surface area (Å²) >= 11 is 3.33. The average Bonchev–Trinajstić information content (AvgIpc) is 3.25. The summed E-state index contributed by atoms with van der Waals surface area (Å²) in [5.74, 6) is -2.59. The fraction of sp³-hybridized carbons (Fsp3) is 0.176. The van der Waals surface area contributed by atoms with Crippen LogP contribution < -0.4 is 0 Å². The number of nitro groups is 1. The van der Waals surface area contributed by atoms with Gasteiger partial charge in [0.15, 0.2) is 0 Å². The highest BCUT2D eigenvalue weighted by Crippen LogP contribution is 2.30. The zero-order valence-electron chi connectivity index (χ0n) is 13.9. The van der Waals surface area contributed by atoms with Gasteiger partial charge in [0.1, 0.15) is 17.1 Å². The molecule has 0 radical (unpaired) electrons. The fourth-order valence-corrected chi connectivity index (χ4v) is 2.73. The summed E-state index contributed by atoms with van der Waals surface area (Å²) in [6.45, 7) is 1.49. The molecule has 140 valence electrons. The molecule has 0 aliphatic heterocycles. The third-order valence-electron chi connectivity index (χ3n) is 3.53. The summed E-state index contributed by atoms with van der Waals surface area (Å²) in [4.78, 5) is 34.1. The van der Waals surface area contributed by atoms with Crippen LogP contribution >= 0.6 is 15.9 Å². The van der Waals surface area contributed by atoms with Crippen molar-refractivity contribution in [3.8, 4) is 0 Å². The number of halogens is 1. The lowest BCUT2D eigenvalue weighted by molar-refractivity contribution is -0.402. The van der Waals surface area contributed by atoms with E-state index in [1.54, 1.807) is 25.1 Å². The number of hydrogen-bond donors (Lipinski definition) is 0. The van der Waals surface area contributed by atoms with Crippen LogP contribution in [-0.4, -0.2) is 23.5 Å². The SMILES string of the molecule is CCOC(=O)c1oc2ccc(Br)cc2c1COC(=O)c1ccc([N+](=O)[O-])o1. The van der Waals surface area contributed by atoms with Crippen LogP contribution in [-0.2, 0) is 16.1 Å². The molecule has 1 aromatic carbocycles. The van der Waals surface area contributed by atoms with Crippen molar-refractivity contribution in [1.82, 2.24) is 0 Å². The van der Waals surface area contributed by atoms with Crippen molar-refractivity contribution in [2.24, 2.45) is 0 Å². The molecule has 2 heterocycles. The molecule has 2 aromatic heterocycles. The van der Waals surface area contributed by atoms with E-state index in [-0.39, 0.29) is 24.7 Å². The highest BCUT2D eigenvalue weighted by molar-refractivity contribution is 9.10. The number of benzene rings is 1. The van der Waals surface area contributed by atoms with Crippen molar-refractivity contribution in [3.05, 3.63) is 62.0 Å². The molecular weight excluding hydrogens is 426 g/mol. The molecule has 0 saturated heterocycles. The molecule has 0 spiro atoms. The number of nitrogens with zero attached hydrogens (tertiary/aromatic N) is 1. The highest BCUT2D eigenvalue weighted by Gasteiger charge is 2.24. The van der Waals surface area contributed by atoms with Crippen LogP contribution in [0.15, 0.2) is 43.6 Å². The molecule has 0 amide bonds. The molecule has 0 fully saturated rings. The van der Waals surface area contributed by atoms with E-state index in [2.05, 4.69) is 15.9 Å². The molecule has 0 unspecified atom stereocenters. The third-order valence-corrected chi connectivity index (χ3v) is 4.03. The van der Waals surface area contributed by atoms with Gasteiger partial charge in [-0.25, -0.2) is 9.59 Å². The summed E-state index contributed by atoms with van der Waals surface area (Å²) in [7, 11) is 0. The van der Waals surface area contributed by atoms with Crippen molar-refractivity contribution in [3.63, 3.8) is 0 Å². The molecule has 0 bridgehead atoms. The van der Waals surface area contributed by atoms with Crippen LogP contribution in [0.1, 0.15) is 33.6 Å². The van der Waals surface area contributed by atoms with E-state index >= 15 is 0 Å². The Morgan fingerprint density at radius 3 is 2.59 bits per heavy atom. The quantitative estimate of drug-likeness (QED) is 0.318. The van der Waals surface area contributed by atoms with E-state index < -0.39 is 22.7 Å². The number of ether oxygens (including phenoxy) is 2. The van der Waals surface area contributed by atoms with Crippen LogP contribution in [0, 0.1) is 10.1 Å². The topological polar surface area (TPSA) is 122 Å². The molecule has 0 saturated carbocycles. The van der Waals surface area contributed by atoms with Gasteiger partial charge in [-0.1, -0.05) is 15.9 Å². The molecule has 3 aromatic rings. The molecular formula is C17H12BrNO8.